The van der Waals surface area contributed by atoms with E-state index in [1.165, 1.54) is 0 Å². The third-order valence-electron chi connectivity index (χ3n) is 5.68. The Kier molecular flexibility index (Phi) is 5.61. The fourth-order valence-corrected chi connectivity index (χ4v) is 4.76. The van der Waals surface area contributed by atoms with Crippen LogP contribution in [0.4, 0.5) is 0 Å². The van der Waals surface area contributed by atoms with Gasteiger partial charge in [-0.05, 0) is 38.3 Å². The molecule has 1 spiro atoms. The zero-order valence-corrected chi connectivity index (χ0v) is 16.8. The van der Waals surface area contributed by atoms with Crippen LogP contribution in [0.15, 0.2) is 23.7 Å². The van der Waals surface area contributed by atoms with E-state index in [1.807, 2.05) is 23.2 Å². The van der Waals surface area contributed by atoms with E-state index in [4.69, 9.17) is 4.74 Å². The molecule has 0 aromatic carbocycles. The highest BCUT2D eigenvalue weighted by Crippen LogP contribution is 2.31. The van der Waals surface area contributed by atoms with Crippen LogP contribution in [0.2, 0.25) is 0 Å². The predicted molar refractivity (Wildman–Crippen MR) is 106 cm³/mol. The maximum atomic E-state index is 12.5. The number of ether oxygens (including phenoxy) is 1. The van der Waals surface area contributed by atoms with E-state index >= 15 is 0 Å². The minimum atomic E-state index is -0.0977. The second-order valence-electron chi connectivity index (χ2n) is 7.68. The first-order chi connectivity index (χ1) is 13.1. The summed E-state index contributed by atoms with van der Waals surface area (Å²) < 4.78 is 6.22. The number of likely N-dealkylation sites (tertiary alicyclic amines) is 1. The van der Waals surface area contributed by atoms with Gasteiger partial charge in [0.1, 0.15) is 0 Å². The van der Waals surface area contributed by atoms with E-state index in [0.717, 1.165) is 75.0 Å². The molecule has 146 valence electrons. The van der Waals surface area contributed by atoms with Crippen LogP contribution in [0.3, 0.4) is 0 Å². The van der Waals surface area contributed by atoms with Gasteiger partial charge in [0.25, 0.3) is 0 Å². The van der Waals surface area contributed by atoms with E-state index < -0.39 is 0 Å². The van der Waals surface area contributed by atoms with Crippen molar-refractivity contribution in [2.45, 2.75) is 44.8 Å². The maximum absolute atomic E-state index is 12.5. The number of H-pyrrole nitrogens is 1. The summed E-state index contributed by atoms with van der Waals surface area (Å²) in [6.07, 6.45) is 5.11. The van der Waals surface area contributed by atoms with Crippen LogP contribution in [0, 0.1) is 6.92 Å². The van der Waals surface area contributed by atoms with E-state index in [2.05, 4.69) is 27.2 Å². The summed E-state index contributed by atoms with van der Waals surface area (Å²) >= 11 is 1.71. The number of aryl methyl sites for hydroxylation is 2. The lowest BCUT2D eigenvalue weighted by Crippen LogP contribution is -2.57. The Balaban J connectivity index is 1.27. The molecule has 2 aromatic rings. The van der Waals surface area contributed by atoms with Gasteiger partial charge in [-0.3, -0.25) is 9.69 Å². The third-order valence-corrected chi connectivity index (χ3v) is 6.50. The van der Waals surface area contributed by atoms with Gasteiger partial charge in [0.15, 0.2) is 0 Å². The van der Waals surface area contributed by atoms with Crippen LogP contribution in [0.25, 0.3) is 0 Å². The Morgan fingerprint density at radius 3 is 2.93 bits per heavy atom. The van der Waals surface area contributed by atoms with Crippen molar-refractivity contribution >= 4 is 17.2 Å². The smallest absolute Gasteiger partial charge is 0.222 e. The zero-order valence-electron chi connectivity index (χ0n) is 15.9. The molecule has 4 rings (SSSR count). The molecule has 4 heterocycles. The van der Waals surface area contributed by atoms with Crippen molar-refractivity contribution in [2.75, 3.05) is 32.8 Å². The van der Waals surface area contributed by atoms with Crippen LogP contribution >= 0.6 is 11.3 Å². The van der Waals surface area contributed by atoms with Gasteiger partial charge in [-0.25, -0.2) is 4.98 Å². The monoisotopic (exact) mass is 388 g/mol. The van der Waals surface area contributed by atoms with Crippen molar-refractivity contribution < 1.29 is 9.53 Å². The molecule has 0 unspecified atom stereocenters. The van der Waals surface area contributed by atoms with Crippen LogP contribution in [-0.2, 0) is 22.5 Å². The molecule has 1 N–H and O–H groups in total. The number of hydrogen-bond donors (Lipinski definition) is 1. The van der Waals surface area contributed by atoms with E-state index in [-0.39, 0.29) is 11.5 Å². The summed E-state index contributed by atoms with van der Waals surface area (Å²) in [5.41, 5.74) is 2.19. The molecule has 0 aliphatic carbocycles. The topological polar surface area (TPSA) is 61.5 Å². The van der Waals surface area contributed by atoms with Crippen molar-refractivity contribution in [1.82, 2.24) is 19.8 Å². The van der Waals surface area contributed by atoms with Gasteiger partial charge in [0, 0.05) is 56.4 Å². The highest BCUT2D eigenvalue weighted by atomic mass is 32.1. The average molecular weight is 389 g/mol. The highest BCUT2D eigenvalue weighted by Gasteiger charge is 2.40. The van der Waals surface area contributed by atoms with Crippen LogP contribution < -0.4 is 0 Å². The first kappa shape index (κ1) is 18.7. The molecule has 2 aliphatic rings. The van der Waals surface area contributed by atoms with Gasteiger partial charge in [0.05, 0.1) is 22.9 Å². The number of thiazole rings is 1. The molecule has 27 heavy (non-hydrogen) atoms. The van der Waals surface area contributed by atoms with Gasteiger partial charge in [-0.2, -0.15) is 0 Å². The average Bonchev–Trinajstić information content (AvgIpc) is 3.32. The second-order valence-corrected chi connectivity index (χ2v) is 8.74. The van der Waals surface area contributed by atoms with Crippen LogP contribution in [0.5, 0.6) is 0 Å². The normalized spacial score (nSPS) is 20.3. The van der Waals surface area contributed by atoms with Gasteiger partial charge in [-0.15, -0.1) is 11.3 Å². The number of nitrogens with zero attached hydrogens (tertiary/aromatic N) is 3. The summed E-state index contributed by atoms with van der Waals surface area (Å²) in [4.78, 5) is 24.8. The summed E-state index contributed by atoms with van der Waals surface area (Å²) in [7, 11) is 0. The van der Waals surface area contributed by atoms with Gasteiger partial charge in [-0.1, -0.05) is 0 Å². The minimum Gasteiger partial charge on any atom is -0.372 e. The quantitative estimate of drug-likeness (QED) is 0.855. The summed E-state index contributed by atoms with van der Waals surface area (Å²) in [5.74, 6) is 0.255. The van der Waals surface area contributed by atoms with E-state index in [1.54, 1.807) is 11.3 Å². The van der Waals surface area contributed by atoms with Gasteiger partial charge < -0.3 is 14.6 Å². The lowest BCUT2D eigenvalue weighted by atomic mass is 9.89. The lowest BCUT2D eigenvalue weighted by molar-refractivity contribution is -0.151. The number of amides is 1. The molecule has 6 nitrogen and oxygen atoms in total. The van der Waals surface area contributed by atoms with E-state index in [9.17, 15) is 4.79 Å². The van der Waals surface area contributed by atoms with Crippen molar-refractivity contribution in [3.05, 3.63) is 40.1 Å². The molecule has 2 aromatic heterocycles. The number of nitrogens with one attached hydrogen (secondary N) is 1. The highest BCUT2D eigenvalue weighted by molar-refractivity contribution is 7.09. The molecule has 1 amide bonds. The first-order valence-electron chi connectivity index (χ1n) is 9.79. The second kappa shape index (κ2) is 8.12. The van der Waals surface area contributed by atoms with Crippen LogP contribution in [0.1, 0.15) is 35.7 Å². The Labute approximate surface area is 164 Å². The minimum absolute atomic E-state index is 0.0977. The SMILES string of the molecule is Cc1nc(CN2CCOC3(CCN(C(=O)CCc4ccc[nH]4)CC3)C2)cs1. The number of carbonyl (C=O) groups is 1. The number of hydrogen-bond acceptors (Lipinski definition) is 5. The lowest BCUT2D eigenvalue weighted by Gasteiger charge is -2.47. The van der Waals surface area contributed by atoms with Crippen molar-refractivity contribution in [3.8, 4) is 0 Å². The Morgan fingerprint density at radius 2 is 2.22 bits per heavy atom. The van der Waals surface area contributed by atoms with Crippen LogP contribution in [-0.4, -0.2) is 64.1 Å². The molecule has 0 radical (unpaired) electrons. The van der Waals surface area contributed by atoms with Crippen molar-refractivity contribution in [1.29, 1.82) is 0 Å². The number of carbonyl (C=O) groups excluding carboxylic acids is 1. The molecule has 0 atom stereocenters. The number of aromatic nitrogens is 2. The number of rotatable bonds is 5. The Morgan fingerprint density at radius 1 is 1.37 bits per heavy atom. The largest absolute Gasteiger partial charge is 0.372 e. The summed E-state index contributed by atoms with van der Waals surface area (Å²) in [5, 5.41) is 3.28. The molecule has 2 saturated heterocycles. The van der Waals surface area contributed by atoms with Gasteiger partial charge in [0.2, 0.25) is 5.91 Å². The molecule has 2 aliphatic heterocycles. The fraction of sp³-hybridized carbons (Fsp3) is 0.600. The number of piperidine rings is 1. The third kappa shape index (κ3) is 4.59. The Bertz CT molecular complexity index is 750. The Hall–Kier alpha value is -1.70. The van der Waals surface area contributed by atoms with Gasteiger partial charge >= 0.3 is 0 Å². The van der Waals surface area contributed by atoms with Crippen molar-refractivity contribution in [3.63, 3.8) is 0 Å². The number of morpholine rings is 1. The molecular weight excluding hydrogens is 360 g/mol. The standard InChI is InChI=1S/C20H28N4O2S/c1-16-22-18(14-27-16)13-23-11-12-26-20(15-23)6-9-24(10-7-20)19(25)5-4-17-3-2-8-21-17/h2-3,8,14,21H,4-7,9-13,15H2,1H3. The molecule has 0 bridgehead atoms. The van der Waals surface area contributed by atoms with Crippen molar-refractivity contribution in [2.24, 2.45) is 0 Å². The molecule has 7 heteroatoms. The first-order valence-corrected chi connectivity index (χ1v) is 10.7. The number of aromatic amines is 1. The summed E-state index contributed by atoms with van der Waals surface area (Å²) in [6, 6.07) is 4.01. The maximum Gasteiger partial charge on any atom is 0.222 e. The molecule has 0 saturated carbocycles. The molecular formula is C20H28N4O2S. The molecule has 2 fully saturated rings. The fourth-order valence-electron chi connectivity index (χ4n) is 4.16. The van der Waals surface area contributed by atoms with E-state index in [0.29, 0.717) is 6.42 Å². The predicted octanol–water partition coefficient (Wildman–Crippen LogP) is 2.61. The zero-order chi connectivity index (χ0) is 18.7. The summed E-state index contributed by atoms with van der Waals surface area (Å²) in [6.45, 7) is 7.21.